The second kappa shape index (κ2) is 16.2. The van der Waals surface area contributed by atoms with Crippen molar-refractivity contribution >= 4 is 62.7 Å². The number of halogens is 1. The number of carbonyl (C=O) groups excluding carboxylic acids is 5. The molecule has 4 heterocycles. The van der Waals surface area contributed by atoms with Crippen LogP contribution < -0.4 is 35.6 Å². The topological polar surface area (TPSA) is 200 Å². The summed E-state index contributed by atoms with van der Waals surface area (Å²) in [5.74, 6) is -3.10. The lowest BCUT2D eigenvalue weighted by Gasteiger charge is -2.29. The molecule has 5 amide bonds. The van der Waals surface area contributed by atoms with Gasteiger partial charge in [0.2, 0.25) is 23.1 Å². The maximum absolute atomic E-state index is 15.5. The van der Waals surface area contributed by atoms with Crippen molar-refractivity contribution in [3.63, 3.8) is 0 Å². The summed E-state index contributed by atoms with van der Waals surface area (Å²) >= 11 is 0. The first kappa shape index (κ1) is 40.1. The fourth-order valence-electron chi connectivity index (χ4n) is 7.54. The van der Waals surface area contributed by atoms with Crippen molar-refractivity contribution in [2.24, 2.45) is 7.05 Å². The molecule has 6 aromatic rings. The molecule has 17 heteroatoms. The van der Waals surface area contributed by atoms with Gasteiger partial charge in [0.25, 0.3) is 17.7 Å². The molecule has 2 aromatic heterocycles. The van der Waals surface area contributed by atoms with Gasteiger partial charge in [-0.05, 0) is 79.4 Å². The van der Waals surface area contributed by atoms with Crippen LogP contribution in [0, 0.1) is 12.7 Å². The maximum atomic E-state index is 15.5. The Hall–Kier alpha value is -7.69. The molecule has 8 rings (SSSR count). The minimum Gasteiger partial charge on any atom is -0.493 e. The highest BCUT2D eigenvalue weighted by Crippen LogP contribution is 2.37. The number of nitrogens with one attached hydrogen (secondary N) is 3. The zero-order chi connectivity index (χ0) is 43.1. The second-order valence-corrected chi connectivity index (χ2v) is 14.6. The number of anilines is 2. The lowest BCUT2D eigenvalue weighted by atomic mass is 10.0. The van der Waals surface area contributed by atoms with Crippen LogP contribution in [0.1, 0.15) is 57.3 Å². The molecule has 1 fully saturated rings. The van der Waals surface area contributed by atoms with Crippen LogP contribution in [-0.4, -0.2) is 68.7 Å². The van der Waals surface area contributed by atoms with Crippen molar-refractivity contribution in [3.8, 4) is 23.1 Å². The Morgan fingerprint density at radius 2 is 1.70 bits per heavy atom. The van der Waals surface area contributed by atoms with E-state index in [4.69, 9.17) is 14.2 Å². The van der Waals surface area contributed by atoms with E-state index in [1.165, 1.54) is 42.6 Å². The number of fused-ring (bicyclic) bond motifs is 3. The Balaban J connectivity index is 0.933. The first-order valence-corrected chi connectivity index (χ1v) is 19.3. The summed E-state index contributed by atoms with van der Waals surface area (Å²) in [6.07, 6.45) is 2.31. The molecule has 2 aliphatic rings. The van der Waals surface area contributed by atoms with E-state index in [1.54, 1.807) is 42.8 Å². The molecule has 61 heavy (non-hydrogen) atoms. The lowest BCUT2D eigenvalue weighted by molar-refractivity contribution is -0.137. The van der Waals surface area contributed by atoms with Gasteiger partial charge in [0, 0.05) is 60.2 Å². The Morgan fingerprint density at radius 1 is 0.918 bits per heavy atom. The van der Waals surface area contributed by atoms with Gasteiger partial charge in [-0.1, -0.05) is 13.0 Å². The molecule has 1 saturated heterocycles. The van der Waals surface area contributed by atoms with Gasteiger partial charge in [-0.15, -0.1) is 0 Å². The Bertz CT molecular complexity index is 2910. The zero-order valence-corrected chi connectivity index (χ0v) is 33.4. The predicted octanol–water partition coefficient (Wildman–Crippen LogP) is 5.32. The molecule has 1 unspecified atom stereocenters. The fourth-order valence-corrected chi connectivity index (χ4v) is 7.54. The van der Waals surface area contributed by atoms with Crippen LogP contribution in [0.15, 0.2) is 77.9 Å². The van der Waals surface area contributed by atoms with Crippen molar-refractivity contribution in [1.29, 1.82) is 0 Å². The normalized spacial score (nSPS) is 14.8. The molecule has 4 aromatic carbocycles. The molecule has 310 valence electrons. The summed E-state index contributed by atoms with van der Waals surface area (Å²) in [4.78, 5) is 86.8. The van der Waals surface area contributed by atoms with Gasteiger partial charge < -0.3 is 34.3 Å². The maximum Gasteiger partial charge on any atom is 0.262 e. The van der Waals surface area contributed by atoms with E-state index in [9.17, 15) is 28.8 Å². The highest BCUT2D eigenvalue weighted by atomic mass is 19.1. The standard InChI is InChI=1S/C44H38FN7O9/c1-5-23-6-10-32-29(14-23)40(55)39(22(2)51(32)3)42(57)49-26-8-12-34(30(45)16-26)61-43-28-17-35(59-4)36(18-31(28)46-21-47-43)60-20-38(54)48-25-7-9-27-24(15-25)19-52(44(27)58)33-11-13-37(53)50-41(33)56/h6-10,12,14-18,21,33H,5,11,13,19-20H2,1-4H3,(H,48,54)(H,49,57)(H,50,53,56). The first-order chi connectivity index (χ1) is 29.3. The third-order valence-electron chi connectivity index (χ3n) is 10.8. The van der Waals surface area contributed by atoms with Gasteiger partial charge >= 0.3 is 0 Å². The number of rotatable bonds is 11. The van der Waals surface area contributed by atoms with Crippen LogP contribution >= 0.6 is 0 Å². The van der Waals surface area contributed by atoms with Crippen molar-refractivity contribution in [3.05, 3.63) is 117 Å². The number of imide groups is 1. The molecule has 0 saturated carbocycles. The number of carbonyl (C=O) groups is 5. The largest absolute Gasteiger partial charge is 0.493 e. The van der Waals surface area contributed by atoms with Crippen LogP contribution in [0.5, 0.6) is 23.1 Å². The average molecular weight is 828 g/mol. The number of hydrogen-bond acceptors (Lipinski definition) is 11. The highest BCUT2D eigenvalue weighted by molar-refractivity contribution is 6.07. The van der Waals surface area contributed by atoms with Crippen LogP contribution in [0.4, 0.5) is 15.8 Å². The smallest absolute Gasteiger partial charge is 0.262 e. The van der Waals surface area contributed by atoms with Crippen LogP contribution in [-0.2, 0) is 34.4 Å². The molecular formula is C44H38FN7O9. The number of pyridine rings is 1. The molecule has 2 aliphatic heterocycles. The summed E-state index contributed by atoms with van der Waals surface area (Å²) in [5, 5.41) is 8.40. The van der Waals surface area contributed by atoms with Gasteiger partial charge in [-0.2, -0.15) is 0 Å². The lowest BCUT2D eigenvalue weighted by Crippen LogP contribution is -2.52. The number of piperidine rings is 1. The number of hydrogen-bond donors (Lipinski definition) is 3. The summed E-state index contributed by atoms with van der Waals surface area (Å²) in [6.45, 7) is 3.37. The van der Waals surface area contributed by atoms with E-state index in [2.05, 4.69) is 25.9 Å². The molecule has 0 bridgehead atoms. The van der Waals surface area contributed by atoms with Gasteiger partial charge in [-0.3, -0.25) is 34.1 Å². The van der Waals surface area contributed by atoms with Gasteiger partial charge in [0.1, 0.15) is 17.9 Å². The van der Waals surface area contributed by atoms with Crippen LogP contribution in [0.3, 0.4) is 0 Å². The molecule has 0 spiro atoms. The molecule has 0 radical (unpaired) electrons. The number of methoxy groups -OCH3 is 1. The van der Waals surface area contributed by atoms with E-state index >= 15 is 4.39 Å². The second-order valence-electron chi connectivity index (χ2n) is 14.6. The zero-order valence-electron chi connectivity index (χ0n) is 33.4. The Morgan fingerprint density at radius 3 is 2.46 bits per heavy atom. The first-order valence-electron chi connectivity index (χ1n) is 19.3. The number of ether oxygens (including phenoxy) is 3. The SMILES string of the molecule is CCc1ccc2c(c1)c(=O)c(C(=O)Nc1ccc(Oc3ncnc4cc(OCC(=O)Nc5ccc6c(c5)CN(C5CCC(=O)NC5=O)C6=O)c(OC)cc34)c(F)c1)c(C)n2C. The number of nitrogens with zero attached hydrogens (tertiary/aromatic N) is 4. The highest BCUT2D eigenvalue weighted by Gasteiger charge is 2.39. The van der Waals surface area contributed by atoms with Crippen LogP contribution in [0.25, 0.3) is 21.8 Å². The summed E-state index contributed by atoms with van der Waals surface area (Å²) < 4.78 is 34.5. The molecule has 16 nitrogen and oxygen atoms in total. The molecular weight excluding hydrogens is 790 g/mol. The van der Waals surface area contributed by atoms with Crippen molar-refractivity contribution in [2.75, 3.05) is 24.4 Å². The predicted molar refractivity (Wildman–Crippen MR) is 220 cm³/mol. The van der Waals surface area contributed by atoms with Crippen molar-refractivity contribution in [2.45, 2.75) is 45.7 Å². The third-order valence-corrected chi connectivity index (χ3v) is 10.8. The fraction of sp³-hybridized carbons (Fsp3) is 0.227. The van der Waals surface area contributed by atoms with E-state index in [0.29, 0.717) is 44.3 Å². The molecule has 0 aliphatic carbocycles. The van der Waals surface area contributed by atoms with Crippen molar-refractivity contribution in [1.82, 2.24) is 24.8 Å². The number of aryl methyl sites for hydroxylation is 2. The van der Waals surface area contributed by atoms with Gasteiger partial charge in [0.15, 0.2) is 29.7 Å². The Kier molecular flexibility index (Phi) is 10.6. The van der Waals surface area contributed by atoms with Gasteiger partial charge in [0.05, 0.1) is 23.5 Å². The number of aromatic nitrogens is 3. The van der Waals surface area contributed by atoms with E-state index in [-0.39, 0.29) is 65.6 Å². The monoisotopic (exact) mass is 827 g/mol. The molecule has 3 N–H and O–H groups in total. The number of amides is 5. The third kappa shape index (κ3) is 7.68. The summed E-state index contributed by atoms with van der Waals surface area (Å²) in [7, 11) is 3.17. The van der Waals surface area contributed by atoms with Crippen molar-refractivity contribution < 1.29 is 42.6 Å². The van der Waals surface area contributed by atoms with Gasteiger partial charge in [-0.25, -0.2) is 14.4 Å². The number of benzene rings is 4. The van der Waals surface area contributed by atoms with E-state index in [0.717, 1.165) is 18.1 Å². The average Bonchev–Trinajstić information content (AvgIpc) is 3.57. The van der Waals surface area contributed by atoms with Crippen LogP contribution in [0.2, 0.25) is 0 Å². The summed E-state index contributed by atoms with van der Waals surface area (Å²) in [5.41, 5.74) is 3.50. The quantitative estimate of drug-likeness (QED) is 0.143. The summed E-state index contributed by atoms with van der Waals surface area (Å²) in [6, 6.07) is 16.5. The minimum atomic E-state index is -0.820. The van der Waals surface area contributed by atoms with E-state index in [1.807, 2.05) is 19.1 Å². The minimum absolute atomic E-state index is 0.0173. The van der Waals surface area contributed by atoms with E-state index < -0.39 is 41.6 Å². The molecule has 1 atom stereocenters. The Labute approximate surface area is 346 Å².